The molecular weight excluding hydrogens is 265 g/mol. The van der Waals surface area contributed by atoms with Crippen molar-refractivity contribution in [3.05, 3.63) is 46.9 Å². The average molecular weight is 277 g/mol. The Bertz CT molecular complexity index is 629. The van der Waals surface area contributed by atoms with E-state index in [0.717, 1.165) is 11.3 Å². The van der Waals surface area contributed by atoms with Crippen LogP contribution in [0.15, 0.2) is 24.3 Å². The molecule has 0 amide bonds. The number of rotatable bonds is 3. The van der Waals surface area contributed by atoms with Crippen LogP contribution < -0.4 is 10.5 Å². The van der Waals surface area contributed by atoms with Gasteiger partial charge in [0.25, 0.3) is 0 Å². The van der Waals surface area contributed by atoms with E-state index in [4.69, 9.17) is 22.7 Å². The second-order valence-electron chi connectivity index (χ2n) is 4.01. The van der Waals surface area contributed by atoms with E-state index >= 15 is 0 Å². The molecule has 2 rings (SSSR count). The second-order valence-corrected chi connectivity index (χ2v) is 4.45. The summed E-state index contributed by atoms with van der Waals surface area (Å²) in [7, 11) is 0. The van der Waals surface area contributed by atoms with Gasteiger partial charge in [-0.05, 0) is 43.7 Å². The first-order valence-electron chi connectivity index (χ1n) is 5.56. The molecule has 0 aliphatic rings. The van der Waals surface area contributed by atoms with Crippen molar-refractivity contribution >= 4 is 17.2 Å². The van der Waals surface area contributed by atoms with Crippen molar-refractivity contribution in [2.45, 2.75) is 13.8 Å². The number of hydrogen-bond donors (Lipinski definition) is 1. The first kappa shape index (κ1) is 13.4. The Kier molecular flexibility index (Phi) is 3.71. The molecule has 1 heterocycles. The van der Waals surface area contributed by atoms with Crippen LogP contribution in [-0.2, 0) is 0 Å². The molecule has 0 saturated heterocycles. The number of thiocarbonyl (C=S) groups is 1. The summed E-state index contributed by atoms with van der Waals surface area (Å²) in [4.78, 5) is 0.188. The summed E-state index contributed by atoms with van der Waals surface area (Å²) in [6.45, 7) is 3.65. The lowest BCUT2D eigenvalue weighted by molar-refractivity contribution is 0.451. The lowest BCUT2D eigenvalue weighted by atomic mass is 10.1. The molecule has 0 radical (unpaired) electrons. The van der Waals surface area contributed by atoms with Crippen LogP contribution in [-0.4, -0.2) is 15.2 Å². The summed E-state index contributed by atoms with van der Waals surface area (Å²) in [6, 6.07) is 5.58. The lowest BCUT2D eigenvalue weighted by Gasteiger charge is -2.12. The molecular formula is C13H12FN3OS. The van der Waals surface area contributed by atoms with Gasteiger partial charge in [-0.25, -0.2) is 4.39 Å². The number of hydrogen-bond acceptors (Lipinski definition) is 4. The molecule has 0 aliphatic heterocycles. The largest absolute Gasteiger partial charge is 0.437 e. The van der Waals surface area contributed by atoms with Gasteiger partial charge in [0.05, 0.1) is 11.3 Å². The van der Waals surface area contributed by atoms with E-state index in [2.05, 4.69) is 10.2 Å². The molecule has 0 fully saturated rings. The fourth-order valence-corrected chi connectivity index (χ4v) is 1.80. The van der Waals surface area contributed by atoms with Crippen LogP contribution in [0, 0.1) is 19.7 Å². The molecule has 0 spiro atoms. The molecule has 6 heteroatoms. The highest BCUT2D eigenvalue weighted by atomic mass is 32.1. The van der Waals surface area contributed by atoms with Crippen LogP contribution in [0.3, 0.4) is 0 Å². The number of ether oxygens (including phenoxy) is 1. The molecule has 0 bridgehead atoms. The summed E-state index contributed by atoms with van der Waals surface area (Å²) in [5, 5.41) is 7.92. The minimum Gasteiger partial charge on any atom is -0.437 e. The third-order valence-corrected chi connectivity index (χ3v) is 2.90. The van der Waals surface area contributed by atoms with Crippen LogP contribution in [0.5, 0.6) is 11.6 Å². The summed E-state index contributed by atoms with van der Waals surface area (Å²) < 4.78 is 18.4. The standard InChI is InChI=1S/C13H12FN3OS/c1-7-8(2)16-17-13(11(7)12(15)19)18-10-5-3-9(14)4-6-10/h3-6H,1-2H3,(H2,15,19). The van der Waals surface area contributed by atoms with E-state index in [1.165, 1.54) is 24.3 Å². The molecule has 0 atom stereocenters. The van der Waals surface area contributed by atoms with Crippen LogP contribution in [0.25, 0.3) is 0 Å². The van der Waals surface area contributed by atoms with Crippen molar-refractivity contribution in [1.82, 2.24) is 10.2 Å². The highest BCUT2D eigenvalue weighted by Crippen LogP contribution is 2.25. The average Bonchev–Trinajstić information content (AvgIpc) is 2.36. The van der Waals surface area contributed by atoms with Crippen molar-refractivity contribution in [2.75, 3.05) is 0 Å². The van der Waals surface area contributed by atoms with E-state index in [1.807, 2.05) is 13.8 Å². The fourth-order valence-electron chi connectivity index (χ4n) is 1.56. The van der Waals surface area contributed by atoms with Gasteiger partial charge in [0.2, 0.25) is 5.88 Å². The number of aryl methyl sites for hydroxylation is 1. The molecule has 19 heavy (non-hydrogen) atoms. The normalized spacial score (nSPS) is 10.3. The monoisotopic (exact) mass is 277 g/mol. The summed E-state index contributed by atoms with van der Waals surface area (Å²) in [5.74, 6) is 0.326. The van der Waals surface area contributed by atoms with Gasteiger partial charge in [0.15, 0.2) is 0 Å². The van der Waals surface area contributed by atoms with Crippen LogP contribution in [0.4, 0.5) is 4.39 Å². The summed E-state index contributed by atoms with van der Waals surface area (Å²) in [5.41, 5.74) is 7.78. The van der Waals surface area contributed by atoms with Gasteiger partial charge in [-0.15, -0.1) is 5.10 Å². The Morgan fingerprint density at radius 1 is 1.21 bits per heavy atom. The van der Waals surface area contributed by atoms with Gasteiger partial charge in [0.1, 0.15) is 16.6 Å². The van der Waals surface area contributed by atoms with Crippen molar-refractivity contribution in [2.24, 2.45) is 5.73 Å². The molecule has 0 saturated carbocycles. The predicted molar refractivity (Wildman–Crippen MR) is 73.9 cm³/mol. The Morgan fingerprint density at radius 3 is 2.42 bits per heavy atom. The molecule has 0 unspecified atom stereocenters. The Balaban J connectivity index is 2.42. The van der Waals surface area contributed by atoms with Crippen molar-refractivity contribution in [3.8, 4) is 11.6 Å². The van der Waals surface area contributed by atoms with Gasteiger partial charge in [-0.2, -0.15) is 5.10 Å². The van der Waals surface area contributed by atoms with E-state index in [-0.39, 0.29) is 16.7 Å². The van der Waals surface area contributed by atoms with Gasteiger partial charge in [-0.1, -0.05) is 12.2 Å². The minimum absolute atomic E-state index is 0.188. The topological polar surface area (TPSA) is 61.0 Å². The van der Waals surface area contributed by atoms with Crippen molar-refractivity contribution in [1.29, 1.82) is 0 Å². The van der Waals surface area contributed by atoms with Crippen molar-refractivity contribution < 1.29 is 9.13 Å². The second kappa shape index (κ2) is 5.27. The summed E-state index contributed by atoms with van der Waals surface area (Å²) in [6.07, 6.45) is 0. The smallest absolute Gasteiger partial charge is 0.249 e. The van der Waals surface area contributed by atoms with Crippen LogP contribution in [0.2, 0.25) is 0 Å². The molecule has 98 valence electrons. The zero-order valence-electron chi connectivity index (χ0n) is 10.5. The zero-order chi connectivity index (χ0) is 14.0. The maximum Gasteiger partial charge on any atom is 0.249 e. The molecule has 2 N–H and O–H groups in total. The first-order chi connectivity index (χ1) is 8.99. The highest BCUT2D eigenvalue weighted by molar-refractivity contribution is 7.80. The number of nitrogens with two attached hydrogens (primary N) is 1. The Morgan fingerprint density at radius 2 is 1.84 bits per heavy atom. The molecule has 1 aromatic carbocycles. The molecule has 0 aliphatic carbocycles. The fraction of sp³-hybridized carbons (Fsp3) is 0.154. The van der Waals surface area contributed by atoms with Gasteiger partial charge in [-0.3, -0.25) is 0 Å². The van der Waals surface area contributed by atoms with Crippen molar-refractivity contribution in [3.63, 3.8) is 0 Å². The molecule has 2 aromatic rings. The minimum atomic E-state index is -0.340. The van der Waals surface area contributed by atoms with Gasteiger partial charge >= 0.3 is 0 Å². The van der Waals surface area contributed by atoms with Gasteiger partial charge in [0, 0.05) is 0 Å². The maximum atomic E-state index is 12.8. The Labute approximate surface area is 115 Å². The Hall–Kier alpha value is -2.08. The number of halogens is 1. The SMILES string of the molecule is Cc1nnc(Oc2ccc(F)cc2)c(C(N)=S)c1C. The number of aromatic nitrogens is 2. The highest BCUT2D eigenvalue weighted by Gasteiger charge is 2.15. The predicted octanol–water partition coefficient (Wildman–Crippen LogP) is 2.66. The zero-order valence-corrected chi connectivity index (χ0v) is 11.3. The summed E-state index contributed by atoms with van der Waals surface area (Å²) >= 11 is 5.00. The lowest BCUT2D eigenvalue weighted by Crippen LogP contribution is -2.15. The number of nitrogens with zero attached hydrogens (tertiary/aromatic N) is 2. The van der Waals surface area contributed by atoms with E-state index in [9.17, 15) is 4.39 Å². The van der Waals surface area contributed by atoms with Gasteiger partial charge < -0.3 is 10.5 Å². The molecule has 1 aromatic heterocycles. The quantitative estimate of drug-likeness (QED) is 0.874. The first-order valence-corrected chi connectivity index (χ1v) is 5.97. The molecule has 4 nitrogen and oxygen atoms in total. The third kappa shape index (κ3) is 2.85. The van der Waals surface area contributed by atoms with E-state index < -0.39 is 0 Å². The third-order valence-electron chi connectivity index (χ3n) is 2.70. The van der Waals surface area contributed by atoms with Crippen LogP contribution >= 0.6 is 12.2 Å². The maximum absolute atomic E-state index is 12.8. The van der Waals surface area contributed by atoms with E-state index in [0.29, 0.717) is 11.3 Å². The van der Waals surface area contributed by atoms with E-state index in [1.54, 1.807) is 0 Å². The van der Waals surface area contributed by atoms with Crippen LogP contribution in [0.1, 0.15) is 16.8 Å². The number of benzene rings is 1.